The van der Waals surface area contributed by atoms with Crippen LogP contribution in [-0.4, -0.2) is 22.1 Å². The van der Waals surface area contributed by atoms with Crippen molar-refractivity contribution in [1.29, 1.82) is 0 Å². The van der Waals surface area contributed by atoms with Crippen LogP contribution in [0.1, 0.15) is 21.6 Å². The summed E-state index contributed by atoms with van der Waals surface area (Å²) in [4.78, 5) is 18.8. The fourth-order valence-corrected chi connectivity index (χ4v) is 2.81. The Bertz CT molecular complexity index is 1010. The molecule has 0 spiro atoms. The van der Waals surface area contributed by atoms with Gasteiger partial charge in [0, 0.05) is 23.9 Å². The summed E-state index contributed by atoms with van der Waals surface area (Å²) >= 11 is 1.00. The largest absolute Gasteiger partial charge is 0.857 e. The fraction of sp³-hybridized carbons (Fsp3) is 0.118. The molecule has 126 valence electrons. The first-order chi connectivity index (χ1) is 12.0. The molecule has 3 rings (SSSR count). The van der Waals surface area contributed by atoms with Gasteiger partial charge in [0.25, 0.3) is 0 Å². The van der Waals surface area contributed by atoms with E-state index in [2.05, 4.69) is 20.2 Å². The van der Waals surface area contributed by atoms with Crippen molar-refractivity contribution < 1.29 is 9.67 Å². The predicted octanol–water partition coefficient (Wildman–Crippen LogP) is 0.866. The molecular formula is C17H15N5O2S. The van der Waals surface area contributed by atoms with E-state index in [9.17, 15) is 9.90 Å². The Balaban J connectivity index is 1.91. The summed E-state index contributed by atoms with van der Waals surface area (Å²) in [5, 5.41) is 19.3. The molecule has 3 aromatic heterocycles. The Morgan fingerprint density at radius 3 is 2.92 bits per heavy atom. The number of hydrogen-bond donors (Lipinski definition) is 1. The number of pyridine rings is 2. The van der Waals surface area contributed by atoms with Crippen LogP contribution in [0, 0.1) is 13.8 Å². The molecule has 0 aliphatic carbocycles. The molecule has 0 amide bonds. The second-order valence-corrected chi connectivity index (χ2v) is 6.35. The second kappa shape index (κ2) is 7.18. The van der Waals surface area contributed by atoms with Crippen LogP contribution in [0.4, 0.5) is 0 Å². The van der Waals surface area contributed by atoms with E-state index in [4.69, 9.17) is 0 Å². The Labute approximate surface area is 147 Å². The first-order valence-electron chi connectivity index (χ1n) is 7.45. The van der Waals surface area contributed by atoms with Crippen molar-refractivity contribution in [3.63, 3.8) is 0 Å². The summed E-state index contributed by atoms with van der Waals surface area (Å²) in [6.07, 6.45) is 8.17. The van der Waals surface area contributed by atoms with Gasteiger partial charge >= 0.3 is 10.7 Å². The van der Waals surface area contributed by atoms with E-state index in [1.165, 1.54) is 12.4 Å². The number of thiazole rings is 1. The molecule has 7 nitrogen and oxygen atoms in total. The molecule has 0 radical (unpaired) electrons. The van der Waals surface area contributed by atoms with Gasteiger partial charge in [-0.1, -0.05) is 6.07 Å². The van der Waals surface area contributed by atoms with Crippen LogP contribution in [0.2, 0.25) is 0 Å². The van der Waals surface area contributed by atoms with Crippen molar-refractivity contribution in [2.24, 2.45) is 10.2 Å². The summed E-state index contributed by atoms with van der Waals surface area (Å²) < 4.78 is 1.81. The number of rotatable bonds is 4. The number of aryl methyl sites for hydroxylation is 2. The quantitative estimate of drug-likeness (QED) is 0.326. The summed E-state index contributed by atoms with van der Waals surface area (Å²) in [6.45, 7) is 4.01. The lowest BCUT2D eigenvalue weighted by molar-refractivity contribution is -0.599. The lowest BCUT2D eigenvalue weighted by Gasteiger charge is -2.06. The minimum Gasteiger partial charge on any atom is -0.857 e. The Morgan fingerprint density at radius 1 is 1.36 bits per heavy atom. The zero-order valence-electron chi connectivity index (χ0n) is 13.6. The Morgan fingerprint density at radius 2 is 2.20 bits per heavy atom. The zero-order valence-corrected chi connectivity index (χ0v) is 14.4. The lowest BCUT2D eigenvalue weighted by atomic mass is 10.2. The third kappa shape index (κ3) is 3.86. The molecule has 0 atom stereocenters. The standard InChI is InChI=1S/C17H15N5O2S/c1-11-5-7-22(10-12(11)2)15-14(25-17(24)20-15)9-19-21-16(23)13-4-3-6-18-8-13/h3-10H,1-2H3,(H-,19,20,21,23,24). The van der Waals surface area contributed by atoms with E-state index in [1.807, 2.05) is 36.9 Å². The van der Waals surface area contributed by atoms with E-state index < -0.39 is 5.90 Å². The van der Waals surface area contributed by atoms with Gasteiger partial charge in [0.2, 0.25) is 0 Å². The maximum atomic E-state index is 11.9. The van der Waals surface area contributed by atoms with E-state index in [-0.39, 0.29) is 4.87 Å². The highest BCUT2D eigenvalue weighted by Gasteiger charge is 2.16. The van der Waals surface area contributed by atoms with Crippen molar-refractivity contribution in [1.82, 2.24) is 9.97 Å². The molecule has 3 aromatic rings. The van der Waals surface area contributed by atoms with Crippen molar-refractivity contribution in [3.05, 3.63) is 74.2 Å². The molecule has 0 bridgehead atoms. The van der Waals surface area contributed by atoms with Gasteiger partial charge in [-0.15, -0.1) is 0 Å². The normalized spacial score (nSPS) is 12.0. The molecule has 1 N–H and O–H groups in total. The first kappa shape index (κ1) is 16.7. The van der Waals surface area contributed by atoms with Crippen LogP contribution in [0.15, 0.2) is 58.0 Å². The van der Waals surface area contributed by atoms with Gasteiger partial charge < -0.3 is 5.11 Å². The molecule has 0 aliphatic heterocycles. The smallest absolute Gasteiger partial charge is 0.390 e. The number of nitrogens with one attached hydrogen (secondary N) is 1. The molecular weight excluding hydrogens is 338 g/mol. The zero-order chi connectivity index (χ0) is 17.8. The Kier molecular flexibility index (Phi) is 4.80. The summed E-state index contributed by atoms with van der Waals surface area (Å²) in [6, 6.07) is 5.22. The maximum Gasteiger partial charge on any atom is 0.390 e. The molecule has 0 fully saturated rings. The number of aromatic amines is 1. The number of hydrogen-bond acceptors (Lipinski definition) is 6. The molecule has 0 aromatic carbocycles. The van der Waals surface area contributed by atoms with Crippen molar-refractivity contribution in [2.75, 3.05) is 0 Å². The van der Waals surface area contributed by atoms with Crippen LogP contribution in [0.3, 0.4) is 0 Å². The third-order valence-corrected chi connectivity index (χ3v) is 4.39. The molecule has 3 heterocycles. The van der Waals surface area contributed by atoms with Gasteiger partial charge in [0.15, 0.2) is 0 Å². The van der Waals surface area contributed by atoms with Gasteiger partial charge in [0.1, 0.15) is 4.88 Å². The molecule has 0 unspecified atom stereocenters. The average Bonchev–Trinajstić information content (AvgIpc) is 2.98. The van der Waals surface area contributed by atoms with E-state index in [0.717, 1.165) is 22.5 Å². The van der Waals surface area contributed by atoms with Crippen molar-refractivity contribution in [2.45, 2.75) is 13.8 Å². The van der Waals surface area contributed by atoms with E-state index >= 15 is 0 Å². The van der Waals surface area contributed by atoms with E-state index in [1.54, 1.807) is 18.3 Å². The monoisotopic (exact) mass is 353 g/mol. The van der Waals surface area contributed by atoms with Crippen LogP contribution >= 0.6 is 11.3 Å². The Hall–Kier alpha value is -3.13. The molecule has 0 saturated carbocycles. The van der Waals surface area contributed by atoms with Gasteiger partial charge in [-0.3, -0.25) is 4.98 Å². The average molecular weight is 353 g/mol. The van der Waals surface area contributed by atoms with Gasteiger partial charge in [-0.05, 0) is 48.4 Å². The topological polar surface area (TPSA) is 97.4 Å². The highest BCUT2D eigenvalue weighted by molar-refractivity contribution is 7.11. The summed E-state index contributed by atoms with van der Waals surface area (Å²) in [5.74, 6) is 0.0958. The van der Waals surface area contributed by atoms with Crippen molar-refractivity contribution >= 4 is 23.4 Å². The van der Waals surface area contributed by atoms with Crippen LogP contribution in [-0.2, 0) is 0 Å². The second-order valence-electron chi connectivity index (χ2n) is 5.34. The summed E-state index contributed by atoms with van der Waals surface area (Å²) in [7, 11) is 0. The summed E-state index contributed by atoms with van der Waals surface area (Å²) in [5.41, 5.74) is 2.60. The van der Waals surface area contributed by atoms with Crippen LogP contribution in [0.5, 0.6) is 0 Å². The first-order valence-corrected chi connectivity index (χ1v) is 8.26. The highest BCUT2D eigenvalue weighted by Crippen LogP contribution is 2.09. The molecule has 0 aliphatic rings. The number of nitrogens with zero attached hydrogens (tertiary/aromatic N) is 4. The lowest BCUT2D eigenvalue weighted by Crippen LogP contribution is -2.32. The molecule has 25 heavy (non-hydrogen) atoms. The molecule has 0 saturated heterocycles. The van der Waals surface area contributed by atoms with Gasteiger partial charge in [0.05, 0.1) is 18.6 Å². The molecule has 8 heteroatoms. The minimum absolute atomic E-state index is 0.208. The predicted molar refractivity (Wildman–Crippen MR) is 94.3 cm³/mol. The third-order valence-electron chi connectivity index (χ3n) is 3.59. The van der Waals surface area contributed by atoms with Crippen LogP contribution < -0.4 is 14.5 Å². The highest BCUT2D eigenvalue weighted by atomic mass is 32.1. The van der Waals surface area contributed by atoms with Crippen LogP contribution in [0.25, 0.3) is 5.82 Å². The van der Waals surface area contributed by atoms with Gasteiger partial charge in [-0.2, -0.15) is 15.2 Å². The SMILES string of the molecule is Cc1cc[n+](-c2[nH]c(=O)sc2/C=N/N=C([O-])c2cccnc2)cc1C. The van der Waals surface area contributed by atoms with Gasteiger partial charge in [-0.25, -0.2) is 9.36 Å². The minimum atomic E-state index is -0.493. The van der Waals surface area contributed by atoms with E-state index in [0.29, 0.717) is 16.3 Å². The number of aromatic nitrogens is 3. The number of H-pyrrole nitrogens is 1. The maximum absolute atomic E-state index is 11.9. The van der Waals surface area contributed by atoms with Crippen molar-refractivity contribution in [3.8, 4) is 5.82 Å². The fourth-order valence-electron chi connectivity index (χ4n) is 2.11.